The predicted molar refractivity (Wildman–Crippen MR) is 114 cm³/mol. The van der Waals surface area contributed by atoms with E-state index in [1.807, 2.05) is 0 Å². The molecular weight excluding hydrogens is 464 g/mol. The monoisotopic (exact) mass is 485 g/mol. The quantitative estimate of drug-likeness (QED) is 0.311. The molecule has 2 aromatic rings. The molecule has 13 heteroatoms. The number of hydrogen-bond acceptors (Lipinski definition) is 7. The minimum Gasteiger partial charge on any atom is -0.493 e. The first-order valence-corrected chi connectivity index (χ1v) is 10.7. The average molecular weight is 485 g/mol. The molecule has 0 bridgehead atoms. The number of benzene rings is 2. The molecule has 0 spiro atoms. The standard InChI is InChI=1S/C20H21F2N3O7S/c1-24(2)33(29,30)18-7-5-4-6-14(18)12-23-19(26)9-8-13-10-16(31-3)17(32-20(21)22)11-15(13)25(27)28/h4-11,20H,12H2,1-3H3,(H,23,26)/b9-8+. The molecule has 1 N–H and O–H groups in total. The van der Waals surface area contributed by atoms with Gasteiger partial charge in [0.15, 0.2) is 11.5 Å². The van der Waals surface area contributed by atoms with E-state index in [4.69, 9.17) is 4.74 Å². The SMILES string of the molecule is COc1cc(/C=C/C(=O)NCc2ccccc2S(=O)(=O)N(C)C)c([N+](=O)[O-])cc1OC(F)F. The van der Waals surface area contributed by atoms with E-state index >= 15 is 0 Å². The molecule has 2 rings (SSSR count). The summed E-state index contributed by atoms with van der Waals surface area (Å²) in [5, 5.41) is 13.8. The van der Waals surface area contributed by atoms with Gasteiger partial charge < -0.3 is 14.8 Å². The van der Waals surface area contributed by atoms with Crippen LogP contribution in [0.4, 0.5) is 14.5 Å². The van der Waals surface area contributed by atoms with Gasteiger partial charge in [0.05, 0.1) is 28.6 Å². The van der Waals surface area contributed by atoms with Crippen LogP contribution in [0.1, 0.15) is 11.1 Å². The lowest BCUT2D eigenvalue weighted by molar-refractivity contribution is -0.385. The Morgan fingerprint density at radius 2 is 1.91 bits per heavy atom. The number of nitrogens with one attached hydrogen (secondary N) is 1. The molecule has 0 atom stereocenters. The Balaban J connectivity index is 2.25. The van der Waals surface area contributed by atoms with Crippen LogP contribution in [0.5, 0.6) is 11.5 Å². The van der Waals surface area contributed by atoms with Gasteiger partial charge in [-0.15, -0.1) is 0 Å². The average Bonchev–Trinajstić information content (AvgIpc) is 2.75. The van der Waals surface area contributed by atoms with Crippen LogP contribution in [0.25, 0.3) is 6.08 Å². The first-order valence-electron chi connectivity index (χ1n) is 9.25. The second kappa shape index (κ2) is 10.8. The van der Waals surface area contributed by atoms with Crippen LogP contribution in [0.3, 0.4) is 0 Å². The van der Waals surface area contributed by atoms with E-state index in [0.717, 1.165) is 28.6 Å². The summed E-state index contributed by atoms with van der Waals surface area (Å²) < 4.78 is 60.1. The molecule has 0 heterocycles. The zero-order chi connectivity index (χ0) is 24.8. The highest BCUT2D eigenvalue weighted by Crippen LogP contribution is 2.36. The van der Waals surface area contributed by atoms with Gasteiger partial charge in [-0.05, 0) is 23.8 Å². The van der Waals surface area contributed by atoms with Crippen LogP contribution in [0.2, 0.25) is 0 Å². The fraction of sp³-hybridized carbons (Fsp3) is 0.250. The Hall–Kier alpha value is -3.58. The number of nitro groups is 1. The number of nitro benzene ring substituents is 1. The normalized spacial score (nSPS) is 11.7. The van der Waals surface area contributed by atoms with Crippen LogP contribution in [0, 0.1) is 10.1 Å². The van der Waals surface area contributed by atoms with Crippen molar-refractivity contribution in [1.82, 2.24) is 9.62 Å². The minimum absolute atomic E-state index is 0.0225. The molecule has 0 aliphatic carbocycles. The molecule has 0 saturated carbocycles. The molecule has 1 amide bonds. The van der Waals surface area contributed by atoms with Crippen LogP contribution >= 0.6 is 0 Å². The van der Waals surface area contributed by atoms with Gasteiger partial charge in [0.1, 0.15) is 0 Å². The highest BCUT2D eigenvalue weighted by molar-refractivity contribution is 7.89. The van der Waals surface area contributed by atoms with E-state index in [9.17, 15) is 32.1 Å². The predicted octanol–water partition coefficient (Wildman–Crippen LogP) is 2.78. The third-order valence-electron chi connectivity index (χ3n) is 4.32. The van der Waals surface area contributed by atoms with Crippen LogP contribution in [-0.4, -0.2) is 51.4 Å². The number of amides is 1. The maximum atomic E-state index is 12.5. The Morgan fingerprint density at radius 1 is 1.24 bits per heavy atom. The fourth-order valence-corrected chi connectivity index (χ4v) is 3.82. The van der Waals surface area contributed by atoms with Crippen molar-refractivity contribution in [2.45, 2.75) is 18.1 Å². The molecule has 2 aromatic carbocycles. The molecule has 0 aliphatic heterocycles. The molecule has 10 nitrogen and oxygen atoms in total. The van der Waals surface area contributed by atoms with Gasteiger partial charge in [-0.1, -0.05) is 18.2 Å². The third kappa shape index (κ3) is 6.46. The van der Waals surface area contributed by atoms with Crippen molar-refractivity contribution in [3.8, 4) is 11.5 Å². The lowest BCUT2D eigenvalue weighted by Crippen LogP contribution is -2.26. The zero-order valence-corrected chi connectivity index (χ0v) is 18.6. The summed E-state index contributed by atoms with van der Waals surface area (Å²) in [4.78, 5) is 22.8. The third-order valence-corrected chi connectivity index (χ3v) is 6.24. The molecule has 0 radical (unpaired) electrons. The number of carbonyl (C=O) groups excluding carboxylic acids is 1. The van der Waals surface area contributed by atoms with Crippen LogP contribution < -0.4 is 14.8 Å². The number of nitrogens with zero attached hydrogens (tertiary/aromatic N) is 2. The van der Waals surface area contributed by atoms with Crippen molar-refractivity contribution in [1.29, 1.82) is 0 Å². The summed E-state index contributed by atoms with van der Waals surface area (Å²) in [6.07, 6.45) is 2.09. The lowest BCUT2D eigenvalue weighted by Gasteiger charge is -2.15. The van der Waals surface area contributed by atoms with Gasteiger partial charge in [0, 0.05) is 26.7 Å². The Bertz CT molecular complexity index is 1170. The minimum atomic E-state index is -3.74. The van der Waals surface area contributed by atoms with E-state index < -0.39 is 38.9 Å². The van der Waals surface area contributed by atoms with Gasteiger partial charge in [-0.2, -0.15) is 8.78 Å². The van der Waals surface area contributed by atoms with Crippen molar-refractivity contribution >= 4 is 27.7 Å². The first kappa shape index (κ1) is 25.7. The summed E-state index contributed by atoms with van der Waals surface area (Å²) >= 11 is 0. The number of hydrogen-bond donors (Lipinski definition) is 1. The maximum Gasteiger partial charge on any atom is 0.387 e. The van der Waals surface area contributed by atoms with Gasteiger partial charge in [-0.3, -0.25) is 14.9 Å². The molecular formula is C20H21F2N3O7S. The summed E-state index contributed by atoms with van der Waals surface area (Å²) in [5.74, 6) is -1.39. The molecule has 0 aromatic heterocycles. The smallest absolute Gasteiger partial charge is 0.387 e. The summed E-state index contributed by atoms with van der Waals surface area (Å²) in [6.45, 7) is -3.34. The van der Waals surface area contributed by atoms with Gasteiger partial charge in [0.2, 0.25) is 15.9 Å². The van der Waals surface area contributed by atoms with E-state index in [-0.39, 0.29) is 22.8 Å². The van der Waals surface area contributed by atoms with Crippen molar-refractivity contribution in [2.75, 3.05) is 21.2 Å². The lowest BCUT2D eigenvalue weighted by atomic mass is 10.1. The number of alkyl halides is 2. The van der Waals surface area contributed by atoms with E-state index in [0.29, 0.717) is 5.56 Å². The largest absolute Gasteiger partial charge is 0.493 e. The van der Waals surface area contributed by atoms with Gasteiger partial charge in [0.25, 0.3) is 5.69 Å². The summed E-state index contributed by atoms with van der Waals surface area (Å²) in [6, 6.07) is 7.97. The Labute approximate surface area is 188 Å². The molecule has 0 aliphatic rings. The topological polar surface area (TPSA) is 128 Å². The molecule has 0 saturated heterocycles. The number of halogens is 2. The number of sulfonamides is 1. The van der Waals surface area contributed by atoms with Gasteiger partial charge >= 0.3 is 6.61 Å². The summed E-state index contributed by atoms with van der Waals surface area (Å²) in [5.41, 5.74) is -0.337. The second-order valence-corrected chi connectivity index (χ2v) is 8.76. The Morgan fingerprint density at radius 3 is 2.48 bits per heavy atom. The number of methoxy groups -OCH3 is 1. The Kier molecular flexibility index (Phi) is 8.43. The fourth-order valence-electron chi connectivity index (χ4n) is 2.71. The molecule has 0 fully saturated rings. The van der Waals surface area contributed by atoms with E-state index in [2.05, 4.69) is 10.1 Å². The summed E-state index contributed by atoms with van der Waals surface area (Å²) in [7, 11) is 0.192. The number of rotatable bonds is 10. The highest BCUT2D eigenvalue weighted by Gasteiger charge is 2.22. The van der Waals surface area contributed by atoms with Crippen molar-refractivity contribution < 1.29 is 36.4 Å². The van der Waals surface area contributed by atoms with Crippen molar-refractivity contribution in [2.24, 2.45) is 0 Å². The van der Waals surface area contributed by atoms with Crippen molar-refractivity contribution in [3.63, 3.8) is 0 Å². The van der Waals surface area contributed by atoms with Crippen LogP contribution in [-0.2, 0) is 21.4 Å². The zero-order valence-electron chi connectivity index (χ0n) is 17.8. The van der Waals surface area contributed by atoms with Crippen LogP contribution in [0.15, 0.2) is 47.4 Å². The number of carbonyl (C=O) groups is 1. The number of ether oxygens (including phenoxy) is 2. The maximum absolute atomic E-state index is 12.5. The van der Waals surface area contributed by atoms with Crippen molar-refractivity contribution in [3.05, 3.63) is 63.7 Å². The molecule has 178 valence electrons. The van der Waals surface area contributed by atoms with E-state index in [1.165, 1.54) is 33.3 Å². The van der Waals surface area contributed by atoms with E-state index in [1.54, 1.807) is 12.1 Å². The second-order valence-electron chi connectivity index (χ2n) is 6.64. The highest BCUT2D eigenvalue weighted by atomic mass is 32.2. The van der Waals surface area contributed by atoms with Gasteiger partial charge in [-0.25, -0.2) is 12.7 Å². The molecule has 33 heavy (non-hydrogen) atoms. The molecule has 0 unspecified atom stereocenters. The first-order chi connectivity index (χ1) is 15.5.